The van der Waals surface area contributed by atoms with Crippen molar-refractivity contribution in [1.82, 2.24) is 0 Å². The van der Waals surface area contributed by atoms with E-state index in [-0.39, 0.29) is 0 Å². The van der Waals surface area contributed by atoms with Gasteiger partial charge in [-0.25, -0.2) is 0 Å². The lowest BCUT2D eigenvalue weighted by molar-refractivity contribution is 0.450. The number of hydrogen-bond donors (Lipinski definition) is 3. The van der Waals surface area contributed by atoms with Crippen molar-refractivity contribution in [3.8, 4) is 0 Å². The summed E-state index contributed by atoms with van der Waals surface area (Å²) in [5, 5.41) is 0. The Kier molecular flexibility index (Phi) is 5.10. The van der Waals surface area contributed by atoms with Crippen LogP contribution in [0.3, 0.4) is 0 Å². The maximum absolute atomic E-state index is 10.2. The van der Waals surface area contributed by atoms with Gasteiger partial charge in [0.05, 0.1) is 0 Å². The van der Waals surface area contributed by atoms with E-state index in [9.17, 15) is 4.21 Å². The molecule has 0 aliphatic carbocycles. The Hall–Kier alpha value is 0.250. The zero-order valence-electron chi connectivity index (χ0n) is 5.52. The molecule has 0 aliphatic rings. The minimum atomic E-state index is -3.58. The fourth-order valence-corrected chi connectivity index (χ4v) is 1.96. The highest BCUT2D eigenvalue weighted by atomic mass is 32.9. The Balaban J connectivity index is 3.45. The van der Waals surface area contributed by atoms with Crippen LogP contribution < -0.4 is 5.73 Å². The number of nitrogens with two attached hydrogens (primary N) is 1. The standard InChI is InChI=1S/C4H11NO3S2/c5-3-1-2-4-9-10(6,7)8/h1-5H2,(H-,6,7,8)/p+1. The minimum absolute atomic E-state index is 0.475. The van der Waals surface area contributed by atoms with Crippen LogP contribution in [0.15, 0.2) is 0 Å². The predicted molar refractivity (Wildman–Crippen MR) is 43.9 cm³/mol. The first-order valence-electron chi connectivity index (χ1n) is 2.90. The lowest BCUT2D eigenvalue weighted by Crippen LogP contribution is -2.02. The molecule has 0 atom stereocenters. The number of hydrogen-bond acceptors (Lipinski definition) is 2. The van der Waals surface area contributed by atoms with Crippen LogP contribution in [0.25, 0.3) is 0 Å². The summed E-state index contributed by atoms with van der Waals surface area (Å²) >= 11 is 0. The molecule has 10 heavy (non-hydrogen) atoms. The zero-order valence-corrected chi connectivity index (χ0v) is 7.16. The van der Waals surface area contributed by atoms with Crippen LogP contribution in [0.2, 0.25) is 0 Å². The van der Waals surface area contributed by atoms with Gasteiger partial charge in [-0.1, -0.05) is 0 Å². The molecule has 4 nitrogen and oxygen atoms in total. The van der Waals surface area contributed by atoms with Gasteiger partial charge in [0.1, 0.15) is 0 Å². The van der Waals surface area contributed by atoms with E-state index in [1.807, 2.05) is 0 Å². The van der Waals surface area contributed by atoms with E-state index in [0.29, 0.717) is 22.6 Å². The third-order valence-electron chi connectivity index (χ3n) is 0.835. The lowest BCUT2D eigenvalue weighted by atomic mass is 10.3. The van der Waals surface area contributed by atoms with Crippen molar-refractivity contribution in [3.63, 3.8) is 0 Å². The Morgan fingerprint density at radius 2 is 2.00 bits per heavy atom. The minimum Gasteiger partial charge on any atom is -0.330 e. The van der Waals surface area contributed by atoms with Crippen LogP contribution in [0.1, 0.15) is 12.8 Å². The number of unbranched alkanes of at least 4 members (excludes halogenated alkanes) is 1. The van der Waals surface area contributed by atoms with Crippen molar-refractivity contribution in [1.29, 1.82) is 0 Å². The summed E-state index contributed by atoms with van der Waals surface area (Å²) in [5.74, 6) is 0.475. The molecule has 62 valence electrons. The first-order valence-corrected chi connectivity index (χ1v) is 5.87. The average molecular weight is 186 g/mol. The lowest BCUT2D eigenvalue weighted by Gasteiger charge is -1.83. The van der Waals surface area contributed by atoms with Gasteiger partial charge in [-0.05, 0) is 13.0 Å². The van der Waals surface area contributed by atoms with Crippen LogP contribution in [0.4, 0.5) is 0 Å². The third kappa shape index (κ3) is 8.25. The molecular formula is C4H12NO3S2+. The zero-order chi connectivity index (χ0) is 8.04. The molecule has 0 bridgehead atoms. The van der Waals surface area contributed by atoms with Gasteiger partial charge in [0, 0.05) is 6.42 Å². The van der Waals surface area contributed by atoms with E-state index < -0.39 is 9.05 Å². The summed E-state index contributed by atoms with van der Waals surface area (Å²) < 4.78 is 26.9. The van der Waals surface area contributed by atoms with Crippen LogP contribution in [-0.4, -0.2) is 25.6 Å². The summed E-state index contributed by atoms with van der Waals surface area (Å²) in [6, 6.07) is 0. The Morgan fingerprint density at radius 3 is 2.40 bits per heavy atom. The van der Waals surface area contributed by atoms with Crippen molar-refractivity contribution in [2.24, 2.45) is 5.73 Å². The van der Waals surface area contributed by atoms with Crippen molar-refractivity contribution >= 4 is 19.4 Å². The summed E-state index contributed by atoms with van der Waals surface area (Å²) in [5.41, 5.74) is 5.17. The monoisotopic (exact) mass is 186 g/mol. The largest absolute Gasteiger partial charge is 0.430 e. The second-order valence-corrected chi connectivity index (χ2v) is 5.31. The van der Waals surface area contributed by atoms with Gasteiger partial charge in [0.25, 0.3) is 10.3 Å². The molecule has 0 aliphatic heterocycles. The molecule has 0 saturated carbocycles. The van der Waals surface area contributed by atoms with Gasteiger partial charge < -0.3 is 5.73 Å². The summed E-state index contributed by atoms with van der Waals surface area (Å²) in [6.07, 6.45) is 1.59. The van der Waals surface area contributed by atoms with E-state index in [0.717, 1.165) is 12.8 Å². The summed E-state index contributed by atoms with van der Waals surface area (Å²) in [4.78, 5) is 0. The third-order valence-corrected chi connectivity index (χ3v) is 3.02. The molecule has 6 heteroatoms. The van der Waals surface area contributed by atoms with Crippen LogP contribution in [0.5, 0.6) is 0 Å². The maximum Gasteiger partial charge on any atom is 0.430 e. The van der Waals surface area contributed by atoms with Crippen LogP contribution in [0, 0.1) is 0 Å². The fourth-order valence-electron chi connectivity index (χ4n) is 0.414. The van der Waals surface area contributed by atoms with Crippen molar-refractivity contribution in [2.45, 2.75) is 12.8 Å². The highest BCUT2D eigenvalue weighted by molar-refractivity contribution is 8.34. The van der Waals surface area contributed by atoms with E-state index in [1.54, 1.807) is 0 Å². The van der Waals surface area contributed by atoms with Gasteiger partial charge in [-0.2, -0.15) is 4.21 Å². The maximum atomic E-state index is 10.2. The summed E-state index contributed by atoms with van der Waals surface area (Å²) in [6.45, 7) is 0.582. The highest BCUT2D eigenvalue weighted by Crippen LogP contribution is 1.87. The van der Waals surface area contributed by atoms with Gasteiger partial charge in [-0.3, -0.25) is 9.11 Å². The predicted octanol–water partition coefficient (Wildman–Crippen LogP) is -0.0467. The SMILES string of the molecule is NCCCC[S+]=S(=O)(O)O. The molecule has 0 aromatic rings. The first kappa shape index (κ1) is 10.2. The highest BCUT2D eigenvalue weighted by Gasteiger charge is 2.07. The molecule has 0 spiro atoms. The molecule has 0 fully saturated rings. The van der Waals surface area contributed by atoms with E-state index >= 15 is 0 Å². The molecule has 0 aromatic heterocycles. The molecule has 0 radical (unpaired) electrons. The first-order chi connectivity index (χ1) is 4.56. The molecule has 0 rings (SSSR count). The van der Waals surface area contributed by atoms with Crippen LogP contribution >= 0.6 is 0 Å². The van der Waals surface area contributed by atoms with Crippen molar-refractivity contribution in [2.75, 3.05) is 12.3 Å². The Morgan fingerprint density at radius 1 is 1.40 bits per heavy atom. The van der Waals surface area contributed by atoms with Gasteiger partial charge in [0.2, 0.25) is 0 Å². The van der Waals surface area contributed by atoms with Gasteiger partial charge >= 0.3 is 9.05 Å². The molecule has 0 amide bonds. The van der Waals surface area contributed by atoms with Gasteiger partial charge in [-0.15, -0.1) is 0 Å². The van der Waals surface area contributed by atoms with E-state index in [2.05, 4.69) is 0 Å². The number of rotatable bonds is 4. The summed E-state index contributed by atoms with van der Waals surface area (Å²) in [7, 11) is -2.92. The smallest absolute Gasteiger partial charge is 0.330 e. The quantitative estimate of drug-likeness (QED) is 0.425. The Bertz CT molecular complexity index is 177. The molecule has 4 N–H and O–H groups in total. The normalized spacial score (nSPS) is 11.5. The average Bonchev–Trinajstić information content (AvgIpc) is 1.78. The second-order valence-electron chi connectivity index (χ2n) is 1.77. The molecule has 0 saturated heterocycles. The van der Waals surface area contributed by atoms with Gasteiger partial charge in [0.15, 0.2) is 5.75 Å². The fraction of sp³-hybridized carbons (Fsp3) is 1.00. The second kappa shape index (κ2) is 4.97. The topological polar surface area (TPSA) is 83.6 Å². The van der Waals surface area contributed by atoms with E-state index in [4.69, 9.17) is 14.8 Å². The molecular weight excluding hydrogens is 174 g/mol. The van der Waals surface area contributed by atoms with Crippen LogP contribution in [-0.2, 0) is 19.4 Å². The van der Waals surface area contributed by atoms with Crippen molar-refractivity contribution in [3.05, 3.63) is 0 Å². The molecule has 0 heterocycles. The van der Waals surface area contributed by atoms with Crippen molar-refractivity contribution < 1.29 is 13.3 Å². The van der Waals surface area contributed by atoms with E-state index in [1.165, 1.54) is 0 Å². The Labute approximate surface area is 64.1 Å². The molecule has 0 unspecified atom stereocenters. The molecule has 0 aromatic carbocycles.